The van der Waals surface area contributed by atoms with Crippen LogP contribution in [0.3, 0.4) is 0 Å². The SMILES string of the molecule is O=C(OCc1ccccc1)N1CCOC(CNCc2cnc[nH]2)C1. The first-order valence-corrected chi connectivity index (χ1v) is 8.06. The van der Waals surface area contributed by atoms with Crippen molar-refractivity contribution in [1.29, 1.82) is 0 Å². The second-order valence-corrected chi connectivity index (χ2v) is 5.69. The molecule has 1 atom stereocenters. The monoisotopic (exact) mass is 330 g/mol. The summed E-state index contributed by atoms with van der Waals surface area (Å²) in [6.07, 6.45) is 3.10. The van der Waals surface area contributed by atoms with Crippen molar-refractivity contribution in [2.24, 2.45) is 0 Å². The van der Waals surface area contributed by atoms with Crippen molar-refractivity contribution < 1.29 is 14.3 Å². The Labute approximate surface area is 141 Å². The van der Waals surface area contributed by atoms with Crippen molar-refractivity contribution in [2.45, 2.75) is 19.3 Å². The van der Waals surface area contributed by atoms with Gasteiger partial charge in [-0.15, -0.1) is 0 Å². The minimum absolute atomic E-state index is 0.0362. The van der Waals surface area contributed by atoms with Gasteiger partial charge in [0.05, 0.1) is 25.6 Å². The molecule has 0 aliphatic carbocycles. The summed E-state index contributed by atoms with van der Waals surface area (Å²) in [7, 11) is 0. The number of nitrogens with zero attached hydrogens (tertiary/aromatic N) is 2. The molecule has 7 nitrogen and oxygen atoms in total. The van der Waals surface area contributed by atoms with Crippen molar-refractivity contribution in [2.75, 3.05) is 26.2 Å². The fraction of sp³-hybridized carbons (Fsp3) is 0.412. The van der Waals surface area contributed by atoms with Gasteiger partial charge in [-0.3, -0.25) is 0 Å². The molecule has 7 heteroatoms. The maximum atomic E-state index is 12.2. The number of morpholine rings is 1. The van der Waals surface area contributed by atoms with Crippen molar-refractivity contribution in [1.82, 2.24) is 20.2 Å². The second kappa shape index (κ2) is 8.47. The second-order valence-electron chi connectivity index (χ2n) is 5.69. The number of hydrogen-bond donors (Lipinski definition) is 2. The maximum Gasteiger partial charge on any atom is 0.410 e. The maximum absolute atomic E-state index is 12.2. The third-order valence-corrected chi connectivity index (χ3v) is 3.84. The number of rotatable bonds is 6. The van der Waals surface area contributed by atoms with Gasteiger partial charge in [0, 0.05) is 31.5 Å². The van der Waals surface area contributed by atoms with Crippen LogP contribution in [0.4, 0.5) is 4.79 Å². The van der Waals surface area contributed by atoms with Gasteiger partial charge in [-0.2, -0.15) is 0 Å². The van der Waals surface area contributed by atoms with Crippen LogP contribution in [0.2, 0.25) is 0 Å². The summed E-state index contributed by atoms with van der Waals surface area (Å²) in [4.78, 5) is 20.9. The Hall–Kier alpha value is -2.38. The molecule has 1 aliphatic heterocycles. The molecule has 24 heavy (non-hydrogen) atoms. The average molecular weight is 330 g/mol. The largest absolute Gasteiger partial charge is 0.445 e. The third-order valence-electron chi connectivity index (χ3n) is 3.84. The minimum atomic E-state index is -0.291. The lowest BCUT2D eigenvalue weighted by molar-refractivity contribution is -0.0271. The molecular formula is C17H22N4O3. The Morgan fingerprint density at radius 3 is 3.08 bits per heavy atom. The van der Waals surface area contributed by atoms with E-state index >= 15 is 0 Å². The summed E-state index contributed by atoms with van der Waals surface area (Å²) in [6, 6.07) is 9.68. The van der Waals surface area contributed by atoms with Crippen molar-refractivity contribution in [3.05, 3.63) is 54.1 Å². The van der Waals surface area contributed by atoms with Crippen LogP contribution in [0.15, 0.2) is 42.9 Å². The van der Waals surface area contributed by atoms with Gasteiger partial charge in [0.25, 0.3) is 0 Å². The number of hydrogen-bond acceptors (Lipinski definition) is 5. The van der Waals surface area contributed by atoms with Crippen LogP contribution < -0.4 is 5.32 Å². The minimum Gasteiger partial charge on any atom is -0.445 e. The lowest BCUT2D eigenvalue weighted by Gasteiger charge is -2.32. The van der Waals surface area contributed by atoms with Gasteiger partial charge in [0.1, 0.15) is 6.61 Å². The number of nitrogens with one attached hydrogen (secondary N) is 2. The van der Waals surface area contributed by atoms with Crippen LogP contribution in [-0.4, -0.2) is 53.3 Å². The molecule has 0 spiro atoms. The zero-order chi connectivity index (χ0) is 16.6. The van der Waals surface area contributed by atoms with Gasteiger partial charge in [0.15, 0.2) is 0 Å². The first-order chi connectivity index (χ1) is 11.8. The third kappa shape index (κ3) is 4.81. The number of benzene rings is 1. The molecule has 3 rings (SSSR count). The molecule has 0 saturated carbocycles. The molecule has 2 N–H and O–H groups in total. The highest BCUT2D eigenvalue weighted by Crippen LogP contribution is 2.09. The van der Waals surface area contributed by atoms with Crippen molar-refractivity contribution in [3.8, 4) is 0 Å². The normalized spacial score (nSPS) is 17.7. The zero-order valence-corrected chi connectivity index (χ0v) is 13.5. The molecule has 1 aromatic heterocycles. The molecule has 1 saturated heterocycles. The highest BCUT2D eigenvalue weighted by Gasteiger charge is 2.25. The van der Waals surface area contributed by atoms with Crippen molar-refractivity contribution >= 4 is 6.09 Å². The smallest absolute Gasteiger partial charge is 0.410 e. The molecule has 128 valence electrons. The molecule has 0 bridgehead atoms. The van der Waals surface area contributed by atoms with Crippen LogP contribution in [-0.2, 0) is 22.6 Å². The molecule has 0 radical (unpaired) electrons. The van der Waals surface area contributed by atoms with Crippen LogP contribution in [0.25, 0.3) is 0 Å². The summed E-state index contributed by atoms with van der Waals surface area (Å²) in [5.41, 5.74) is 2.00. The molecule has 2 heterocycles. The van der Waals surface area contributed by atoms with E-state index in [2.05, 4.69) is 15.3 Å². The molecule has 1 unspecified atom stereocenters. The summed E-state index contributed by atoms with van der Waals surface area (Å²) < 4.78 is 11.1. The number of amides is 1. The van der Waals surface area contributed by atoms with E-state index in [9.17, 15) is 4.79 Å². The van der Waals surface area contributed by atoms with E-state index in [1.54, 1.807) is 17.4 Å². The Morgan fingerprint density at radius 1 is 1.42 bits per heavy atom. The topological polar surface area (TPSA) is 79.5 Å². The van der Waals surface area contributed by atoms with E-state index in [-0.39, 0.29) is 12.2 Å². The van der Waals surface area contributed by atoms with E-state index in [0.29, 0.717) is 39.4 Å². The Balaban J connectivity index is 1.40. The predicted molar refractivity (Wildman–Crippen MR) is 88.2 cm³/mol. The summed E-state index contributed by atoms with van der Waals surface area (Å²) in [5, 5.41) is 3.30. The summed E-state index contributed by atoms with van der Waals surface area (Å²) >= 11 is 0. The van der Waals surface area contributed by atoms with E-state index < -0.39 is 0 Å². The number of carbonyl (C=O) groups excluding carboxylic acids is 1. The fourth-order valence-electron chi connectivity index (χ4n) is 2.57. The number of aromatic nitrogens is 2. The number of imidazole rings is 1. The fourth-order valence-corrected chi connectivity index (χ4v) is 2.57. The van der Waals surface area contributed by atoms with Crippen LogP contribution in [0.1, 0.15) is 11.3 Å². The van der Waals surface area contributed by atoms with Crippen LogP contribution >= 0.6 is 0 Å². The summed E-state index contributed by atoms with van der Waals surface area (Å²) in [5.74, 6) is 0. The first kappa shape index (κ1) is 16.5. The number of aromatic amines is 1. The van der Waals surface area contributed by atoms with Gasteiger partial charge in [0.2, 0.25) is 0 Å². The number of carbonyl (C=O) groups is 1. The molecule has 1 aromatic carbocycles. The van der Waals surface area contributed by atoms with Gasteiger partial charge in [-0.05, 0) is 5.56 Å². The van der Waals surface area contributed by atoms with Gasteiger partial charge in [-0.1, -0.05) is 30.3 Å². The highest BCUT2D eigenvalue weighted by atomic mass is 16.6. The molecule has 2 aromatic rings. The Kier molecular flexibility index (Phi) is 5.81. The summed E-state index contributed by atoms with van der Waals surface area (Å²) in [6.45, 7) is 3.27. The lowest BCUT2D eigenvalue weighted by atomic mass is 10.2. The Bertz CT molecular complexity index is 618. The lowest BCUT2D eigenvalue weighted by Crippen LogP contribution is -2.49. The molecule has 1 fully saturated rings. The predicted octanol–water partition coefficient (Wildman–Crippen LogP) is 1.54. The molecular weight excluding hydrogens is 308 g/mol. The quantitative estimate of drug-likeness (QED) is 0.840. The zero-order valence-electron chi connectivity index (χ0n) is 13.5. The van der Waals surface area contributed by atoms with Gasteiger partial charge in [-0.25, -0.2) is 9.78 Å². The van der Waals surface area contributed by atoms with Crippen molar-refractivity contribution in [3.63, 3.8) is 0 Å². The van der Waals surface area contributed by atoms with Gasteiger partial charge < -0.3 is 24.7 Å². The molecule has 1 aliphatic rings. The van der Waals surface area contributed by atoms with E-state index in [1.165, 1.54) is 0 Å². The van der Waals surface area contributed by atoms with Crippen LogP contribution in [0, 0.1) is 0 Å². The standard InChI is InChI=1S/C17H22N4O3/c22-17(24-12-14-4-2-1-3-5-14)21-6-7-23-16(11-21)10-18-8-15-9-19-13-20-15/h1-5,9,13,16,18H,6-8,10-12H2,(H,19,20). The first-order valence-electron chi connectivity index (χ1n) is 8.06. The van der Waals surface area contributed by atoms with E-state index in [0.717, 1.165) is 11.3 Å². The number of H-pyrrole nitrogens is 1. The van der Waals surface area contributed by atoms with E-state index in [4.69, 9.17) is 9.47 Å². The Morgan fingerprint density at radius 2 is 2.29 bits per heavy atom. The number of ether oxygens (including phenoxy) is 2. The molecule has 1 amide bonds. The average Bonchev–Trinajstić information content (AvgIpc) is 3.14. The van der Waals surface area contributed by atoms with Gasteiger partial charge >= 0.3 is 6.09 Å². The van der Waals surface area contributed by atoms with E-state index in [1.807, 2.05) is 30.3 Å². The highest BCUT2D eigenvalue weighted by molar-refractivity contribution is 5.67. The van der Waals surface area contributed by atoms with Crippen LogP contribution in [0.5, 0.6) is 0 Å².